The maximum absolute atomic E-state index is 13.3. The van der Waals surface area contributed by atoms with Crippen LogP contribution in [0.25, 0.3) is 5.52 Å². The topological polar surface area (TPSA) is 66.7 Å². The van der Waals surface area contributed by atoms with E-state index in [-0.39, 0.29) is 23.3 Å². The van der Waals surface area contributed by atoms with Crippen molar-refractivity contribution in [2.75, 3.05) is 18.0 Å². The number of hydrogen-bond donors (Lipinski definition) is 1. The molecule has 140 valence electrons. The quantitative estimate of drug-likeness (QED) is 0.728. The van der Waals surface area contributed by atoms with Crippen LogP contribution in [0.3, 0.4) is 0 Å². The van der Waals surface area contributed by atoms with Gasteiger partial charge in [-0.2, -0.15) is 0 Å². The van der Waals surface area contributed by atoms with E-state index >= 15 is 0 Å². The van der Waals surface area contributed by atoms with Gasteiger partial charge < -0.3 is 10.2 Å². The molecule has 0 atom stereocenters. The zero-order valence-corrected chi connectivity index (χ0v) is 15.9. The Morgan fingerprint density at radius 1 is 1.15 bits per heavy atom. The van der Waals surface area contributed by atoms with Crippen LogP contribution in [0, 0.1) is 6.92 Å². The average Bonchev–Trinajstić information content (AvgIpc) is 3.06. The van der Waals surface area contributed by atoms with Crippen molar-refractivity contribution in [2.24, 2.45) is 0 Å². The van der Waals surface area contributed by atoms with Gasteiger partial charge in [0.2, 0.25) is 5.82 Å². The van der Waals surface area contributed by atoms with E-state index in [1.54, 1.807) is 21.6 Å². The molecule has 0 spiro atoms. The lowest BCUT2D eigenvalue weighted by molar-refractivity contribution is 0.0942. The van der Waals surface area contributed by atoms with Gasteiger partial charge in [-0.15, -0.1) is 0 Å². The van der Waals surface area contributed by atoms with Crippen molar-refractivity contribution in [3.8, 4) is 0 Å². The van der Waals surface area contributed by atoms with Crippen LogP contribution < -0.4 is 10.2 Å². The first-order chi connectivity index (χ1) is 13.1. The Balaban J connectivity index is 2.05. The molecule has 0 saturated heterocycles. The number of carbonyl (C=O) groups is 2. The summed E-state index contributed by atoms with van der Waals surface area (Å²) in [5, 5.41) is 2.83. The number of nitrogens with zero attached hydrogens (tertiary/aromatic N) is 3. The van der Waals surface area contributed by atoms with E-state index in [2.05, 4.69) is 10.3 Å². The van der Waals surface area contributed by atoms with E-state index in [1.165, 1.54) is 0 Å². The van der Waals surface area contributed by atoms with Crippen LogP contribution in [-0.4, -0.2) is 34.3 Å². The third-order valence-electron chi connectivity index (χ3n) is 4.36. The summed E-state index contributed by atoms with van der Waals surface area (Å²) < 4.78 is 1.67. The molecule has 0 fully saturated rings. The van der Waals surface area contributed by atoms with Crippen molar-refractivity contribution in [3.63, 3.8) is 0 Å². The third-order valence-corrected chi connectivity index (χ3v) is 4.36. The van der Waals surface area contributed by atoms with Crippen molar-refractivity contribution in [1.29, 1.82) is 0 Å². The van der Waals surface area contributed by atoms with Gasteiger partial charge in [-0.3, -0.25) is 14.0 Å². The Labute approximate surface area is 158 Å². The fourth-order valence-corrected chi connectivity index (χ4v) is 3.04. The summed E-state index contributed by atoms with van der Waals surface area (Å²) in [7, 11) is 0. The van der Waals surface area contributed by atoms with Gasteiger partial charge in [0.1, 0.15) is 0 Å². The molecule has 0 aliphatic rings. The van der Waals surface area contributed by atoms with Crippen LogP contribution in [0.2, 0.25) is 0 Å². The van der Waals surface area contributed by atoms with Crippen molar-refractivity contribution >= 4 is 23.0 Å². The van der Waals surface area contributed by atoms with E-state index in [4.69, 9.17) is 0 Å². The molecule has 3 aromatic rings. The molecule has 6 nitrogen and oxygen atoms in total. The zero-order chi connectivity index (χ0) is 19.4. The molecule has 2 heterocycles. The van der Waals surface area contributed by atoms with Crippen LogP contribution in [-0.2, 0) is 0 Å². The highest BCUT2D eigenvalue weighted by Crippen LogP contribution is 2.21. The first kappa shape index (κ1) is 18.6. The van der Waals surface area contributed by atoms with E-state index in [1.807, 2.05) is 57.2 Å². The summed E-state index contributed by atoms with van der Waals surface area (Å²) in [6.07, 6.45) is 2.58. The number of anilines is 1. The Kier molecular flexibility index (Phi) is 5.54. The lowest BCUT2D eigenvalue weighted by Crippen LogP contribution is -2.31. The molecule has 2 aromatic heterocycles. The van der Waals surface area contributed by atoms with Crippen LogP contribution in [0.4, 0.5) is 5.69 Å². The Morgan fingerprint density at radius 3 is 2.67 bits per heavy atom. The number of fused-ring (bicyclic) bond motifs is 1. The van der Waals surface area contributed by atoms with Gasteiger partial charge in [-0.25, -0.2) is 4.98 Å². The minimum absolute atomic E-state index is 0.221. The summed E-state index contributed by atoms with van der Waals surface area (Å²) in [4.78, 5) is 31.9. The van der Waals surface area contributed by atoms with Gasteiger partial charge in [0.25, 0.3) is 11.8 Å². The number of aromatic nitrogens is 2. The second kappa shape index (κ2) is 8.03. The fourth-order valence-electron chi connectivity index (χ4n) is 3.04. The summed E-state index contributed by atoms with van der Waals surface area (Å²) >= 11 is 0. The van der Waals surface area contributed by atoms with E-state index in [0.717, 1.165) is 17.7 Å². The normalized spacial score (nSPS) is 10.8. The van der Waals surface area contributed by atoms with Crippen LogP contribution in [0.15, 0.2) is 48.7 Å². The SMILES string of the molecule is CCCNC(=O)c1nc(C(=O)N(CC)c2cccc(C)c2)c2ccccn12. The second-order valence-corrected chi connectivity index (χ2v) is 6.38. The minimum atomic E-state index is -0.282. The summed E-state index contributed by atoms with van der Waals surface area (Å²) in [6, 6.07) is 13.2. The van der Waals surface area contributed by atoms with Gasteiger partial charge in [0.05, 0.1) is 5.52 Å². The van der Waals surface area contributed by atoms with Gasteiger partial charge in [0.15, 0.2) is 5.69 Å². The fraction of sp³-hybridized carbons (Fsp3) is 0.286. The number of pyridine rings is 1. The first-order valence-corrected chi connectivity index (χ1v) is 9.20. The van der Waals surface area contributed by atoms with Gasteiger partial charge >= 0.3 is 0 Å². The van der Waals surface area contributed by atoms with Crippen molar-refractivity contribution in [3.05, 3.63) is 65.7 Å². The molecule has 0 unspecified atom stereocenters. The molecule has 1 N–H and O–H groups in total. The monoisotopic (exact) mass is 364 g/mol. The summed E-state index contributed by atoms with van der Waals surface area (Å²) in [6.45, 7) is 6.97. The van der Waals surface area contributed by atoms with E-state index < -0.39 is 0 Å². The second-order valence-electron chi connectivity index (χ2n) is 6.38. The molecule has 1 aromatic carbocycles. The molecule has 0 aliphatic carbocycles. The highest BCUT2D eigenvalue weighted by atomic mass is 16.2. The standard InChI is InChI=1S/C21H24N4O2/c1-4-12-22-20(26)19-23-18(17-11-6-7-13-25(17)19)21(27)24(5-2)16-10-8-9-15(3)14-16/h6-11,13-14H,4-5,12H2,1-3H3,(H,22,26). The number of aryl methyl sites for hydroxylation is 1. The number of amides is 2. The molecule has 0 bridgehead atoms. The first-order valence-electron chi connectivity index (χ1n) is 9.20. The maximum atomic E-state index is 13.3. The Bertz CT molecular complexity index is 977. The van der Waals surface area contributed by atoms with Crippen molar-refractivity contribution in [1.82, 2.24) is 14.7 Å². The smallest absolute Gasteiger partial charge is 0.287 e. The van der Waals surface area contributed by atoms with Crippen LogP contribution in [0.1, 0.15) is 46.9 Å². The Morgan fingerprint density at radius 2 is 1.96 bits per heavy atom. The zero-order valence-electron chi connectivity index (χ0n) is 15.9. The number of rotatable bonds is 6. The largest absolute Gasteiger partial charge is 0.349 e. The van der Waals surface area contributed by atoms with Gasteiger partial charge in [0, 0.05) is 25.0 Å². The summed E-state index contributed by atoms with van der Waals surface area (Å²) in [5.41, 5.74) is 2.79. The summed E-state index contributed by atoms with van der Waals surface area (Å²) in [5.74, 6) is -0.278. The number of imidazole rings is 1. The number of nitrogens with one attached hydrogen (secondary N) is 1. The molecule has 6 heteroatoms. The molecule has 0 radical (unpaired) electrons. The Hall–Kier alpha value is -3.15. The van der Waals surface area contributed by atoms with Gasteiger partial charge in [-0.1, -0.05) is 25.1 Å². The minimum Gasteiger partial charge on any atom is -0.349 e. The highest BCUT2D eigenvalue weighted by molar-refractivity contribution is 6.10. The molecule has 3 rings (SSSR count). The highest BCUT2D eigenvalue weighted by Gasteiger charge is 2.25. The van der Waals surface area contributed by atoms with E-state index in [9.17, 15) is 9.59 Å². The molecule has 27 heavy (non-hydrogen) atoms. The molecular weight excluding hydrogens is 340 g/mol. The lowest BCUT2D eigenvalue weighted by Gasteiger charge is -2.20. The van der Waals surface area contributed by atoms with Crippen molar-refractivity contribution < 1.29 is 9.59 Å². The predicted molar refractivity (Wildman–Crippen MR) is 106 cm³/mol. The maximum Gasteiger partial charge on any atom is 0.287 e. The predicted octanol–water partition coefficient (Wildman–Crippen LogP) is 3.45. The average molecular weight is 364 g/mol. The molecule has 0 saturated carbocycles. The van der Waals surface area contributed by atoms with E-state index in [0.29, 0.717) is 18.6 Å². The molecular formula is C21H24N4O2. The van der Waals surface area contributed by atoms with Crippen LogP contribution in [0.5, 0.6) is 0 Å². The number of hydrogen-bond acceptors (Lipinski definition) is 3. The lowest BCUT2D eigenvalue weighted by atomic mass is 10.2. The van der Waals surface area contributed by atoms with Crippen molar-refractivity contribution in [2.45, 2.75) is 27.2 Å². The number of benzene rings is 1. The third kappa shape index (κ3) is 3.69. The molecule has 0 aliphatic heterocycles. The molecule has 2 amide bonds. The van der Waals surface area contributed by atoms with Crippen LogP contribution >= 0.6 is 0 Å². The van der Waals surface area contributed by atoms with Gasteiger partial charge in [-0.05, 0) is 50.1 Å². The number of carbonyl (C=O) groups excluding carboxylic acids is 2.